The second kappa shape index (κ2) is 9.80. The zero-order chi connectivity index (χ0) is 19.1. The third-order valence-corrected chi connectivity index (χ3v) is 5.35. The topological polar surface area (TPSA) is 73.5 Å². The van der Waals surface area contributed by atoms with Gasteiger partial charge in [-0.1, -0.05) is 18.2 Å². The van der Waals surface area contributed by atoms with E-state index in [0.717, 1.165) is 45.3 Å². The molecule has 0 spiro atoms. The molecule has 2 heterocycles. The minimum atomic E-state index is -0.302. The molecule has 2 aliphatic rings. The van der Waals surface area contributed by atoms with Crippen LogP contribution >= 0.6 is 0 Å². The van der Waals surface area contributed by atoms with Crippen LogP contribution < -0.4 is 16.0 Å². The van der Waals surface area contributed by atoms with Gasteiger partial charge >= 0.3 is 0 Å². The van der Waals surface area contributed by atoms with Crippen LogP contribution in [0.3, 0.4) is 0 Å². The van der Waals surface area contributed by atoms with Gasteiger partial charge in [0.25, 0.3) is 0 Å². The van der Waals surface area contributed by atoms with Crippen LogP contribution in [-0.4, -0.2) is 55.5 Å². The summed E-state index contributed by atoms with van der Waals surface area (Å²) in [7, 11) is 0. The van der Waals surface area contributed by atoms with E-state index in [9.17, 15) is 14.0 Å². The molecule has 7 heteroatoms. The highest BCUT2D eigenvalue weighted by molar-refractivity contribution is 5.82. The third kappa shape index (κ3) is 6.01. The molecule has 0 aromatic heterocycles. The second-order valence-electron chi connectivity index (χ2n) is 7.51. The van der Waals surface area contributed by atoms with Crippen molar-refractivity contribution in [3.05, 3.63) is 35.6 Å². The maximum atomic E-state index is 13.6. The Kier molecular flexibility index (Phi) is 7.18. The number of halogens is 1. The number of hydrogen-bond donors (Lipinski definition) is 3. The Labute approximate surface area is 159 Å². The van der Waals surface area contributed by atoms with Crippen LogP contribution in [-0.2, 0) is 16.1 Å². The van der Waals surface area contributed by atoms with Crippen molar-refractivity contribution >= 4 is 11.8 Å². The van der Waals surface area contributed by atoms with E-state index in [2.05, 4.69) is 20.9 Å². The molecule has 2 atom stereocenters. The lowest BCUT2D eigenvalue weighted by molar-refractivity contribution is -0.124. The fourth-order valence-electron chi connectivity index (χ4n) is 3.83. The summed E-state index contributed by atoms with van der Waals surface area (Å²) in [6, 6.07) is 6.42. The van der Waals surface area contributed by atoms with E-state index in [1.165, 1.54) is 6.07 Å². The molecule has 1 aromatic carbocycles. The van der Waals surface area contributed by atoms with Crippen molar-refractivity contribution in [3.8, 4) is 0 Å². The Balaban J connectivity index is 1.38. The van der Waals surface area contributed by atoms with Gasteiger partial charge in [-0.2, -0.15) is 0 Å². The van der Waals surface area contributed by atoms with Crippen molar-refractivity contribution < 1.29 is 14.0 Å². The van der Waals surface area contributed by atoms with Gasteiger partial charge in [-0.3, -0.25) is 14.5 Å². The van der Waals surface area contributed by atoms with Gasteiger partial charge in [0.05, 0.1) is 12.6 Å². The smallest absolute Gasteiger partial charge is 0.237 e. The Hall–Kier alpha value is -1.99. The summed E-state index contributed by atoms with van der Waals surface area (Å²) in [6.45, 7) is 3.76. The summed E-state index contributed by atoms with van der Waals surface area (Å²) < 4.78 is 13.6. The minimum Gasteiger partial charge on any atom is -0.354 e. The highest BCUT2D eigenvalue weighted by Crippen LogP contribution is 2.16. The quantitative estimate of drug-likeness (QED) is 0.664. The summed E-state index contributed by atoms with van der Waals surface area (Å²) in [4.78, 5) is 26.4. The van der Waals surface area contributed by atoms with Crippen molar-refractivity contribution in [2.24, 2.45) is 5.92 Å². The monoisotopic (exact) mass is 376 g/mol. The number of carbonyl (C=O) groups excluding carboxylic acids is 2. The zero-order valence-electron chi connectivity index (χ0n) is 15.7. The minimum absolute atomic E-state index is 0.0474. The van der Waals surface area contributed by atoms with E-state index in [4.69, 9.17) is 0 Å². The van der Waals surface area contributed by atoms with Gasteiger partial charge in [-0.05, 0) is 50.8 Å². The van der Waals surface area contributed by atoms with Gasteiger partial charge in [0.2, 0.25) is 11.8 Å². The van der Waals surface area contributed by atoms with Crippen molar-refractivity contribution in [2.75, 3.05) is 32.7 Å². The van der Waals surface area contributed by atoms with Crippen LogP contribution in [0.1, 0.15) is 31.2 Å². The molecule has 2 unspecified atom stereocenters. The Bertz CT molecular complexity index is 649. The average Bonchev–Trinajstić information content (AvgIpc) is 3.21. The van der Waals surface area contributed by atoms with Gasteiger partial charge in [0.15, 0.2) is 0 Å². The van der Waals surface area contributed by atoms with Crippen molar-refractivity contribution in [1.29, 1.82) is 0 Å². The van der Waals surface area contributed by atoms with Crippen molar-refractivity contribution in [3.63, 3.8) is 0 Å². The molecule has 2 amide bonds. The summed E-state index contributed by atoms with van der Waals surface area (Å²) in [5.41, 5.74) is 0.491. The molecule has 3 N–H and O–H groups in total. The van der Waals surface area contributed by atoms with E-state index in [1.54, 1.807) is 18.2 Å². The zero-order valence-corrected chi connectivity index (χ0v) is 15.7. The second-order valence-corrected chi connectivity index (χ2v) is 7.51. The molecular weight excluding hydrogens is 347 g/mol. The number of piperidine rings is 1. The summed E-state index contributed by atoms with van der Waals surface area (Å²) in [6.07, 6.45) is 4.04. The van der Waals surface area contributed by atoms with Crippen LogP contribution in [0.4, 0.5) is 4.39 Å². The summed E-state index contributed by atoms with van der Waals surface area (Å²) in [5.74, 6) is 0.0529. The fraction of sp³-hybridized carbons (Fsp3) is 0.600. The lowest BCUT2D eigenvalue weighted by Gasteiger charge is -2.32. The van der Waals surface area contributed by atoms with E-state index >= 15 is 0 Å². The molecule has 27 heavy (non-hydrogen) atoms. The first kappa shape index (κ1) is 19.8. The predicted octanol–water partition coefficient (Wildman–Crippen LogP) is 1.02. The van der Waals surface area contributed by atoms with Gasteiger partial charge in [-0.25, -0.2) is 4.39 Å². The Morgan fingerprint density at radius 2 is 2.04 bits per heavy atom. The van der Waals surface area contributed by atoms with Gasteiger partial charge in [-0.15, -0.1) is 0 Å². The first-order valence-electron chi connectivity index (χ1n) is 9.85. The molecule has 148 valence electrons. The maximum absolute atomic E-state index is 13.6. The third-order valence-electron chi connectivity index (χ3n) is 5.35. The lowest BCUT2D eigenvalue weighted by atomic mass is 9.98. The molecule has 0 aliphatic carbocycles. The molecule has 2 fully saturated rings. The maximum Gasteiger partial charge on any atom is 0.237 e. The molecule has 0 bridgehead atoms. The Morgan fingerprint density at radius 1 is 1.19 bits per heavy atom. The number of rotatable bonds is 7. The molecule has 0 radical (unpaired) electrons. The highest BCUT2D eigenvalue weighted by Gasteiger charge is 2.25. The predicted molar refractivity (Wildman–Crippen MR) is 101 cm³/mol. The number of carbonyl (C=O) groups is 2. The van der Waals surface area contributed by atoms with Crippen LogP contribution in [0.15, 0.2) is 24.3 Å². The van der Waals surface area contributed by atoms with Crippen LogP contribution in [0, 0.1) is 11.7 Å². The number of hydrogen-bond acceptors (Lipinski definition) is 4. The van der Waals surface area contributed by atoms with Gasteiger partial charge < -0.3 is 16.0 Å². The van der Waals surface area contributed by atoms with Crippen molar-refractivity contribution in [2.45, 2.75) is 38.3 Å². The molecule has 3 rings (SSSR count). The molecule has 6 nitrogen and oxygen atoms in total. The number of nitrogens with zero attached hydrogens (tertiary/aromatic N) is 1. The normalized spacial score (nSPS) is 23.1. The SMILES string of the molecule is O=C(CN1CCCC(CNC(=O)C2CCCN2)C1)NCc1ccccc1F. The fourth-order valence-corrected chi connectivity index (χ4v) is 3.83. The number of benzene rings is 1. The first-order chi connectivity index (χ1) is 13.1. The lowest BCUT2D eigenvalue weighted by Crippen LogP contribution is -2.47. The molecule has 2 saturated heterocycles. The van der Waals surface area contributed by atoms with E-state index < -0.39 is 0 Å². The first-order valence-corrected chi connectivity index (χ1v) is 9.85. The van der Waals surface area contributed by atoms with Gasteiger partial charge in [0.1, 0.15) is 5.82 Å². The molecule has 2 aliphatic heterocycles. The van der Waals surface area contributed by atoms with Gasteiger partial charge in [0, 0.05) is 25.2 Å². The number of amides is 2. The summed E-state index contributed by atoms with van der Waals surface area (Å²) >= 11 is 0. The number of likely N-dealkylation sites (tertiary alicyclic amines) is 1. The highest BCUT2D eigenvalue weighted by atomic mass is 19.1. The molecule has 1 aromatic rings. The summed E-state index contributed by atoms with van der Waals surface area (Å²) in [5, 5.41) is 9.05. The molecule has 0 saturated carbocycles. The Morgan fingerprint density at radius 3 is 2.81 bits per heavy atom. The average molecular weight is 376 g/mol. The van der Waals surface area contributed by atoms with Crippen LogP contribution in [0.5, 0.6) is 0 Å². The standard InChI is InChI=1S/C20H29FN4O2/c21-17-7-2-1-6-16(17)12-23-19(26)14-25-10-4-5-15(13-25)11-24-20(27)18-8-3-9-22-18/h1-2,6-7,15,18,22H,3-5,8-14H2,(H,23,26)(H,24,27). The van der Waals surface area contributed by atoms with Crippen LogP contribution in [0.25, 0.3) is 0 Å². The largest absolute Gasteiger partial charge is 0.354 e. The number of nitrogens with one attached hydrogen (secondary N) is 3. The van der Waals surface area contributed by atoms with Crippen LogP contribution in [0.2, 0.25) is 0 Å². The van der Waals surface area contributed by atoms with E-state index in [-0.39, 0.29) is 30.2 Å². The van der Waals surface area contributed by atoms with E-state index in [1.807, 2.05) is 0 Å². The molecular formula is C20H29FN4O2. The van der Waals surface area contributed by atoms with Crippen molar-refractivity contribution in [1.82, 2.24) is 20.9 Å². The van der Waals surface area contributed by atoms with E-state index in [0.29, 0.717) is 24.6 Å².